The highest BCUT2D eigenvalue weighted by Gasteiger charge is 2.30. The predicted octanol–water partition coefficient (Wildman–Crippen LogP) is 4.61. The highest BCUT2D eigenvalue weighted by Crippen LogP contribution is 2.23. The molecule has 0 fully saturated rings. The second kappa shape index (κ2) is 6.03. The lowest BCUT2D eigenvalue weighted by atomic mass is 10.2. The Morgan fingerprint density at radius 1 is 0.952 bits per heavy atom. The molecule has 0 aliphatic heterocycles. The SMILES string of the molecule is Cc1cc(OCc2ccc(OC(F)(F)F)cc2)ccc1F. The van der Waals surface area contributed by atoms with E-state index in [0.29, 0.717) is 16.9 Å². The molecule has 0 heterocycles. The smallest absolute Gasteiger partial charge is 0.489 e. The Labute approximate surface area is 118 Å². The number of alkyl halides is 3. The average molecular weight is 300 g/mol. The third-order valence-corrected chi connectivity index (χ3v) is 2.69. The van der Waals surface area contributed by atoms with Gasteiger partial charge >= 0.3 is 6.36 Å². The summed E-state index contributed by atoms with van der Waals surface area (Å²) in [5, 5.41) is 0. The van der Waals surface area contributed by atoms with Crippen LogP contribution in [0.5, 0.6) is 11.5 Å². The molecule has 2 rings (SSSR count). The minimum atomic E-state index is -4.70. The summed E-state index contributed by atoms with van der Waals surface area (Å²) < 4.78 is 58.3. The number of benzene rings is 2. The summed E-state index contributed by atoms with van der Waals surface area (Å²) >= 11 is 0. The first-order valence-electron chi connectivity index (χ1n) is 6.07. The van der Waals surface area contributed by atoms with E-state index in [-0.39, 0.29) is 18.2 Å². The number of hydrogen-bond donors (Lipinski definition) is 0. The molecular weight excluding hydrogens is 288 g/mol. The zero-order valence-corrected chi connectivity index (χ0v) is 11.1. The maximum Gasteiger partial charge on any atom is 0.573 e. The summed E-state index contributed by atoms with van der Waals surface area (Å²) in [6, 6.07) is 9.70. The maximum atomic E-state index is 13.1. The van der Waals surface area contributed by atoms with Gasteiger partial charge in [-0.25, -0.2) is 4.39 Å². The van der Waals surface area contributed by atoms with Gasteiger partial charge < -0.3 is 9.47 Å². The first-order chi connectivity index (χ1) is 9.83. The fraction of sp³-hybridized carbons (Fsp3) is 0.200. The van der Waals surface area contributed by atoms with Crippen molar-refractivity contribution >= 4 is 0 Å². The Balaban J connectivity index is 1.96. The zero-order valence-electron chi connectivity index (χ0n) is 11.1. The van der Waals surface area contributed by atoms with Crippen LogP contribution in [0.15, 0.2) is 42.5 Å². The lowest BCUT2D eigenvalue weighted by Crippen LogP contribution is -2.17. The van der Waals surface area contributed by atoms with Gasteiger partial charge in [-0.3, -0.25) is 0 Å². The largest absolute Gasteiger partial charge is 0.573 e. The first-order valence-corrected chi connectivity index (χ1v) is 6.07. The highest BCUT2D eigenvalue weighted by molar-refractivity contribution is 5.30. The van der Waals surface area contributed by atoms with Crippen molar-refractivity contribution in [1.82, 2.24) is 0 Å². The Hall–Kier alpha value is -2.24. The van der Waals surface area contributed by atoms with Crippen LogP contribution in [0.3, 0.4) is 0 Å². The maximum absolute atomic E-state index is 13.1. The van der Waals surface area contributed by atoms with Crippen LogP contribution in [0.4, 0.5) is 17.6 Å². The Bertz CT molecular complexity index is 606. The molecule has 0 spiro atoms. The summed E-state index contributed by atoms with van der Waals surface area (Å²) in [5.41, 5.74) is 1.13. The van der Waals surface area contributed by atoms with Gasteiger partial charge in [0.1, 0.15) is 23.9 Å². The van der Waals surface area contributed by atoms with E-state index >= 15 is 0 Å². The summed E-state index contributed by atoms with van der Waals surface area (Å²) in [5.74, 6) is -0.121. The molecule has 0 saturated carbocycles. The second-order valence-electron chi connectivity index (χ2n) is 4.39. The van der Waals surface area contributed by atoms with Gasteiger partial charge in [0.25, 0.3) is 0 Å². The molecule has 0 unspecified atom stereocenters. The van der Waals surface area contributed by atoms with Crippen molar-refractivity contribution in [3.63, 3.8) is 0 Å². The Morgan fingerprint density at radius 2 is 1.57 bits per heavy atom. The molecule has 0 aliphatic rings. The van der Waals surface area contributed by atoms with Gasteiger partial charge in [-0.05, 0) is 48.4 Å². The van der Waals surface area contributed by atoms with E-state index in [9.17, 15) is 17.6 Å². The van der Waals surface area contributed by atoms with E-state index in [1.807, 2.05) is 0 Å². The molecule has 2 nitrogen and oxygen atoms in total. The monoisotopic (exact) mass is 300 g/mol. The fourth-order valence-corrected chi connectivity index (χ4v) is 1.66. The lowest BCUT2D eigenvalue weighted by molar-refractivity contribution is -0.274. The summed E-state index contributed by atoms with van der Waals surface area (Å²) in [4.78, 5) is 0. The van der Waals surface area contributed by atoms with Crippen molar-refractivity contribution in [3.05, 3.63) is 59.4 Å². The van der Waals surface area contributed by atoms with Gasteiger partial charge in [-0.15, -0.1) is 13.2 Å². The zero-order chi connectivity index (χ0) is 15.5. The van der Waals surface area contributed by atoms with E-state index in [2.05, 4.69) is 4.74 Å². The first kappa shape index (κ1) is 15.2. The molecule has 0 amide bonds. The van der Waals surface area contributed by atoms with Gasteiger partial charge in [-0.1, -0.05) is 12.1 Å². The van der Waals surface area contributed by atoms with Crippen molar-refractivity contribution < 1.29 is 27.0 Å². The third-order valence-electron chi connectivity index (χ3n) is 2.69. The van der Waals surface area contributed by atoms with Crippen molar-refractivity contribution in [2.75, 3.05) is 0 Å². The number of ether oxygens (including phenoxy) is 2. The van der Waals surface area contributed by atoms with Crippen LogP contribution >= 0.6 is 0 Å². The fourth-order valence-electron chi connectivity index (χ4n) is 1.66. The molecular formula is C15H12F4O2. The number of aryl methyl sites for hydroxylation is 1. The predicted molar refractivity (Wildman–Crippen MR) is 68.6 cm³/mol. The molecule has 0 saturated heterocycles. The number of hydrogen-bond acceptors (Lipinski definition) is 2. The second-order valence-corrected chi connectivity index (χ2v) is 4.39. The summed E-state index contributed by atoms with van der Waals surface area (Å²) in [6.45, 7) is 1.78. The van der Waals surface area contributed by atoms with Gasteiger partial charge in [0, 0.05) is 0 Å². The van der Waals surface area contributed by atoms with Crippen LogP contribution in [0.25, 0.3) is 0 Å². The molecule has 2 aromatic rings. The van der Waals surface area contributed by atoms with Crippen molar-refractivity contribution in [1.29, 1.82) is 0 Å². The summed E-state index contributed by atoms with van der Waals surface area (Å²) in [6.07, 6.45) is -4.70. The summed E-state index contributed by atoms with van der Waals surface area (Å²) in [7, 11) is 0. The lowest BCUT2D eigenvalue weighted by Gasteiger charge is -2.10. The molecule has 0 aromatic heterocycles. The quantitative estimate of drug-likeness (QED) is 0.768. The molecule has 0 bridgehead atoms. The molecule has 0 atom stereocenters. The average Bonchev–Trinajstić information content (AvgIpc) is 2.40. The number of rotatable bonds is 4. The minimum absolute atomic E-state index is 0.164. The standard InChI is InChI=1S/C15H12F4O2/c1-10-8-13(6-7-14(10)16)20-9-11-2-4-12(5-3-11)21-15(17,18)19/h2-8H,9H2,1H3. The molecule has 112 valence electrons. The van der Waals surface area contributed by atoms with E-state index in [1.165, 1.54) is 36.4 Å². The van der Waals surface area contributed by atoms with Crippen molar-refractivity contribution in [2.45, 2.75) is 19.9 Å². The van der Waals surface area contributed by atoms with Gasteiger partial charge in [0.05, 0.1) is 0 Å². The molecule has 0 N–H and O–H groups in total. The molecule has 6 heteroatoms. The molecule has 0 radical (unpaired) electrons. The van der Waals surface area contributed by atoms with Crippen LogP contribution in [-0.4, -0.2) is 6.36 Å². The highest BCUT2D eigenvalue weighted by atomic mass is 19.4. The molecule has 2 aromatic carbocycles. The van der Waals surface area contributed by atoms with Crippen LogP contribution in [0, 0.1) is 12.7 Å². The van der Waals surface area contributed by atoms with Crippen LogP contribution in [0.2, 0.25) is 0 Å². The topological polar surface area (TPSA) is 18.5 Å². The van der Waals surface area contributed by atoms with Crippen LogP contribution in [0.1, 0.15) is 11.1 Å². The van der Waals surface area contributed by atoms with E-state index < -0.39 is 6.36 Å². The van der Waals surface area contributed by atoms with Gasteiger partial charge in [0.15, 0.2) is 0 Å². The van der Waals surface area contributed by atoms with Crippen molar-refractivity contribution in [3.8, 4) is 11.5 Å². The van der Waals surface area contributed by atoms with E-state index in [0.717, 1.165) is 0 Å². The Morgan fingerprint density at radius 3 is 2.14 bits per heavy atom. The van der Waals surface area contributed by atoms with Gasteiger partial charge in [-0.2, -0.15) is 0 Å². The normalized spacial score (nSPS) is 11.3. The van der Waals surface area contributed by atoms with Crippen LogP contribution < -0.4 is 9.47 Å². The minimum Gasteiger partial charge on any atom is -0.489 e. The van der Waals surface area contributed by atoms with E-state index in [4.69, 9.17) is 4.74 Å². The van der Waals surface area contributed by atoms with Gasteiger partial charge in [0.2, 0.25) is 0 Å². The van der Waals surface area contributed by atoms with E-state index in [1.54, 1.807) is 13.0 Å². The van der Waals surface area contributed by atoms with Crippen LogP contribution in [-0.2, 0) is 6.61 Å². The third kappa shape index (κ3) is 4.66. The number of halogens is 4. The Kier molecular flexibility index (Phi) is 4.35. The molecule has 21 heavy (non-hydrogen) atoms. The molecule has 0 aliphatic carbocycles. The van der Waals surface area contributed by atoms with Crippen molar-refractivity contribution in [2.24, 2.45) is 0 Å².